The molecule has 2 aromatic heterocycles. The SMILES string of the molecule is CC1c2ccsc2CCN1CCCCCn1nnc(-c2ccccc2)n1. The summed E-state index contributed by atoms with van der Waals surface area (Å²) in [5.74, 6) is 0.708. The van der Waals surface area contributed by atoms with E-state index in [1.807, 2.05) is 41.7 Å². The quantitative estimate of drug-likeness (QED) is 0.588. The molecule has 1 aliphatic heterocycles. The molecule has 0 saturated heterocycles. The Morgan fingerprint density at radius 1 is 1.08 bits per heavy atom. The van der Waals surface area contributed by atoms with Crippen molar-refractivity contribution in [3.8, 4) is 11.4 Å². The lowest BCUT2D eigenvalue weighted by molar-refractivity contribution is 0.195. The van der Waals surface area contributed by atoms with E-state index in [0.717, 1.165) is 18.5 Å². The van der Waals surface area contributed by atoms with Gasteiger partial charge in [-0.25, -0.2) is 0 Å². The third-order valence-corrected chi connectivity index (χ3v) is 6.19. The molecule has 0 spiro atoms. The van der Waals surface area contributed by atoms with Crippen LogP contribution in [0.25, 0.3) is 11.4 Å². The van der Waals surface area contributed by atoms with E-state index in [1.165, 1.54) is 32.4 Å². The molecule has 136 valence electrons. The number of benzene rings is 1. The number of hydrogen-bond donors (Lipinski definition) is 0. The van der Waals surface area contributed by atoms with Gasteiger partial charge < -0.3 is 0 Å². The first-order valence-electron chi connectivity index (χ1n) is 9.45. The van der Waals surface area contributed by atoms with E-state index < -0.39 is 0 Å². The highest BCUT2D eigenvalue weighted by molar-refractivity contribution is 7.10. The molecule has 5 nitrogen and oxygen atoms in total. The summed E-state index contributed by atoms with van der Waals surface area (Å²) in [7, 11) is 0. The normalized spacial score (nSPS) is 17.3. The summed E-state index contributed by atoms with van der Waals surface area (Å²) in [6.07, 6.45) is 4.73. The lowest BCUT2D eigenvalue weighted by atomic mass is 10.0. The average molecular weight is 368 g/mol. The molecule has 3 aromatic rings. The topological polar surface area (TPSA) is 46.8 Å². The maximum atomic E-state index is 4.48. The van der Waals surface area contributed by atoms with Gasteiger partial charge in [-0.3, -0.25) is 4.90 Å². The van der Waals surface area contributed by atoms with Crippen molar-refractivity contribution in [2.24, 2.45) is 0 Å². The second kappa shape index (κ2) is 8.10. The minimum absolute atomic E-state index is 0.565. The molecular weight excluding hydrogens is 342 g/mol. The fourth-order valence-electron chi connectivity index (χ4n) is 3.65. The zero-order chi connectivity index (χ0) is 17.8. The van der Waals surface area contributed by atoms with Crippen molar-refractivity contribution in [2.75, 3.05) is 13.1 Å². The zero-order valence-electron chi connectivity index (χ0n) is 15.2. The van der Waals surface area contributed by atoms with E-state index in [4.69, 9.17) is 0 Å². The van der Waals surface area contributed by atoms with Gasteiger partial charge in [0.2, 0.25) is 5.82 Å². The predicted octanol–water partition coefficient (Wildman–Crippen LogP) is 4.19. The highest BCUT2D eigenvalue weighted by Crippen LogP contribution is 2.32. The maximum Gasteiger partial charge on any atom is 0.204 e. The van der Waals surface area contributed by atoms with Crippen LogP contribution in [0.5, 0.6) is 0 Å². The number of tetrazole rings is 1. The summed E-state index contributed by atoms with van der Waals surface area (Å²) in [5.41, 5.74) is 2.56. The molecule has 4 rings (SSSR count). The number of rotatable bonds is 7. The Morgan fingerprint density at radius 3 is 2.81 bits per heavy atom. The van der Waals surface area contributed by atoms with Gasteiger partial charge in [0.05, 0.1) is 6.54 Å². The van der Waals surface area contributed by atoms with Gasteiger partial charge in [0.1, 0.15) is 0 Å². The highest BCUT2D eigenvalue weighted by Gasteiger charge is 2.23. The molecular formula is C20H25N5S. The molecule has 26 heavy (non-hydrogen) atoms. The summed E-state index contributed by atoms with van der Waals surface area (Å²) >= 11 is 1.91. The molecule has 0 aliphatic carbocycles. The second-order valence-corrected chi connectivity index (χ2v) is 7.90. The van der Waals surface area contributed by atoms with Crippen LogP contribution >= 0.6 is 11.3 Å². The Bertz CT molecular complexity index is 826. The molecule has 1 aliphatic rings. The van der Waals surface area contributed by atoms with Crippen LogP contribution in [0, 0.1) is 0 Å². The van der Waals surface area contributed by atoms with E-state index in [0.29, 0.717) is 11.9 Å². The van der Waals surface area contributed by atoms with Crippen LogP contribution in [-0.4, -0.2) is 38.2 Å². The lowest BCUT2D eigenvalue weighted by Crippen LogP contribution is -2.33. The van der Waals surface area contributed by atoms with Gasteiger partial charge in [-0.1, -0.05) is 36.8 Å². The van der Waals surface area contributed by atoms with Crippen molar-refractivity contribution >= 4 is 11.3 Å². The molecule has 1 unspecified atom stereocenters. The Hall–Kier alpha value is -2.05. The van der Waals surface area contributed by atoms with Crippen LogP contribution < -0.4 is 0 Å². The van der Waals surface area contributed by atoms with E-state index in [-0.39, 0.29) is 0 Å². The summed E-state index contributed by atoms with van der Waals surface area (Å²) in [5, 5.41) is 15.1. The highest BCUT2D eigenvalue weighted by atomic mass is 32.1. The first-order chi connectivity index (χ1) is 12.8. The number of unbranched alkanes of at least 4 members (excludes halogenated alkanes) is 2. The summed E-state index contributed by atoms with van der Waals surface area (Å²) in [4.78, 5) is 5.93. The minimum atomic E-state index is 0.565. The zero-order valence-corrected chi connectivity index (χ0v) is 16.0. The molecule has 1 atom stereocenters. The minimum Gasteiger partial charge on any atom is -0.296 e. The first-order valence-corrected chi connectivity index (χ1v) is 10.3. The van der Waals surface area contributed by atoms with Crippen LogP contribution in [0.2, 0.25) is 0 Å². The molecule has 6 heteroatoms. The van der Waals surface area contributed by atoms with Crippen LogP contribution in [-0.2, 0) is 13.0 Å². The molecule has 0 radical (unpaired) electrons. The Balaban J connectivity index is 1.20. The fourth-order valence-corrected chi connectivity index (χ4v) is 4.62. The average Bonchev–Trinajstić information content (AvgIpc) is 3.34. The van der Waals surface area contributed by atoms with E-state index in [2.05, 4.69) is 38.7 Å². The van der Waals surface area contributed by atoms with Gasteiger partial charge in [-0.15, -0.1) is 21.5 Å². The Kier molecular flexibility index (Phi) is 5.41. The van der Waals surface area contributed by atoms with Crippen LogP contribution in [0.3, 0.4) is 0 Å². The van der Waals surface area contributed by atoms with Gasteiger partial charge in [0.15, 0.2) is 0 Å². The summed E-state index contributed by atoms with van der Waals surface area (Å²) < 4.78 is 0. The number of thiophene rings is 1. The van der Waals surface area contributed by atoms with Gasteiger partial charge in [-0.2, -0.15) is 4.80 Å². The number of aromatic nitrogens is 4. The van der Waals surface area contributed by atoms with E-state index in [9.17, 15) is 0 Å². The standard InChI is InChI=1S/C20H25N5S/c1-16-18-11-15-26-19(18)10-14-24(16)12-6-3-7-13-25-22-20(21-23-25)17-8-4-2-5-9-17/h2,4-5,8-9,11,15-16H,3,6-7,10,12-14H2,1H3. The first kappa shape index (κ1) is 17.4. The smallest absolute Gasteiger partial charge is 0.204 e. The van der Waals surface area contributed by atoms with Gasteiger partial charge in [0.25, 0.3) is 0 Å². The second-order valence-electron chi connectivity index (χ2n) is 6.90. The Morgan fingerprint density at radius 2 is 1.92 bits per heavy atom. The number of hydrogen-bond acceptors (Lipinski definition) is 5. The maximum absolute atomic E-state index is 4.48. The molecule has 0 N–H and O–H groups in total. The Labute approximate surface area is 158 Å². The van der Waals surface area contributed by atoms with Crippen molar-refractivity contribution in [1.29, 1.82) is 0 Å². The predicted molar refractivity (Wildman–Crippen MR) is 105 cm³/mol. The third-order valence-electron chi connectivity index (χ3n) is 5.19. The number of fused-ring (bicyclic) bond motifs is 1. The van der Waals surface area contributed by atoms with Crippen LogP contribution in [0.15, 0.2) is 41.8 Å². The molecule has 0 fully saturated rings. The number of nitrogens with zero attached hydrogens (tertiary/aromatic N) is 5. The van der Waals surface area contributed by atoms with Crippen LogP contribution in [0.4, 0.5) is 0 Å². The van der Waals surface area contributed by atoms with Crippen molar-refractivity contribution in [2.45, 2.75) is 45.2 Å². The van der Waals surface area contributed by atoms with E-state index >= 15 is 0 Å². The van der Waals surface area contributed by atoms with Crippen molar-refractivity contribution in [1.82, 2.24) is 25.1 Å². The van der Waals surface area contributed by atoms with Crippen molar-refractivity contribution in [3.63, 3.8) is 0 Å². The molecule has 3 heterocycles. The van der Waals surface area contributed by atoms with Crippen molar-refractivity contribution in [3.05, 3.63) is 52.2 Å². The third kappa shape index (κ3) is 3.86. The van der Waals surface area contributed by atoms with Gasteiger partial charge >= 0.3 is 0 Å². The van der Waals surface area contributed by atoms with Crippen molar-refractivity contribution < 1.29 is 0 Å². The monoisotopic (exact) mass is 367 g/mol. The van der Waals surface area contributed by atoms with E-state index in [1.54, 1.807) is 15.2 Å². The van der Waals surface area contributed by atoms with Crippen LogP contribution in [0.1, 0.15) is 42.7 Å². The molecule has 0 saturated carbocycles. The molecule has 0 bridgehead atoms. The van der Waals surface area contributed by atoms with Gasteiger partial charge in [-0.05, 0) is 55.0 Å². The number of aryl methyl sites for hydroxylation is 1. The molecule has 0 amide bonds. The lowest BCUT2D eigenvalue weighted by Gasteiger charge is -2.33. The summed E-state index contributed by atoms with van der Waals surface area (Å²) in [6, 6.07) is 12.9. The fraction of sp³-hybridized carbons (Fsp3) is 0.450. The summed E-state index contributed by atoms with van der Waals surface area (Å²) in [6.45, 7) is 5.55. The molecule has 1 aromatic carbocycles. The van der Waals surface area contributed by atoms with Gasteiger partial charge in [0, 0.05) is 23.0 Å². The largest absolute Gasteiger partial charge is 0.296 e.